The lowest BCUT2D eigenvalue weighted by molar-refractivity contribution is 0.301. The number of nitrogens with one attached hydrogen (secondary N) is 1. The zero-order valence-corrected chi connectivity index (χ0v) is 14.6. The molecule has 0 bridgehead atoms. The Balaban J connectivity index is 1.70. The highest BCUT2D eigenvalue weighted by Gasteiger charge is 2.09. The number of nitrogens with zero attached hydrogens (tertiary/aromatic N) is 2. The van der Waals surface area contributed by atoms with Gasteiger partial charge >= 0.3 is 0 Å². The standard InChI is InChI=1S/C19H22ClN3O/c1-2-12-22-17-6-3-4-7-18(17)23(19(22)21)13-5-14-24-16-10-8-15(20)9-11-16/h3-4,6-11,21H,2,5,12-14H2,1H3. The van der Waals surface area contributed by atoms with Gasteiger partial charge < -0.3 is 13.9 Å². The third kappa shape index (κ3) is 3.49. The number of hydrogen-bond donors (Lipinski definition) is 1. The summed E-state index contributed by atoms with van der Waals surface area (Å²) in [6.07, 6.45) is 1.86. The van der Waals surface area contributed by atoms with Gasteiger partial charge in [0.05, 0.1) is 17.6 Å². The molecule has 1 aromatic heterocycles. The maximum atomic E-state index is 8.47. The lowest BCUT2D eigenvalue weighted by Gasteiger charge is -2.07. The zero-order chi connectivity index (χ0) is 16.9. The Bertz CT molecular complexity index is 864. The Labute approximate surface area is 146 Å². The van der Waals surface area contributed by atoms with Crippen molar-refractivity contribution in [2.75, 3.05) is 6.61 Å². The zero-order valence-electron chi connectivity index (χ0n) is 13.8. The average Bonchev–Trinajstić information content (AvgIpc) is 2.86. The second kappa shape index (κ2) is 7.58. The van der Waals surface area contributed by atoms with E-state index in [1.54, 1.807) is 0 Å². The van der Waals surface area contributed by atoms with Crippen molar-refractivity contribution in [3.8, 4) is 5.75 Å². The first-order valence-corrected chi connectivity index (χ1v) is 8.69. The fourth-order valence-electron chi connectivity index (χ4n) is 2.91. The lowest BCUT2D eigenvalue weighted by atomic mass is 10.3. The van der Waals surface area contributed by atoms with Crippen molar-refractivity contribution < 1.29 is 4.74 Å². The lowest BCUT2D eigenvalue weighted by Crippen LogP contribution is -2.25. The molecule has 5 heteroatoms. The minimum atomic E-state index is 0.560. The normalized spacial score (nSPS) is 11.1. The summed E-state index contributed by atoms with van der Waals surface area (Å²) in [4.78, 5) is 0. The minimum absolute atomic E-state index is 0.560. The maximum Gasteiger partial charge on any atom is 0.202 e. The van der Waals surface area contributed by atoms with Gasteiger partial charge in [-0.3, -0.25) is 5.41 Å². The smallest absolute Gasteiger partial charge is 0.202 e. The Hall–Kier alpha value is -2.20. The summed E-state index contributed by atoms with van der Waals surface area (Å²) >= 11 is 5.87. The molecule has 0 unspecified atom stereocenters. The number of aromatic nitrogens is 2. The highest BCUT2D eigenvalue weighted by molar-refractivity contribution is 6.30. The van der Waals surface area contributed by atoms with Crippen LogP contribution < -0.4 is 10.4 Å². The molecule has 4 nitrogen and oxygen atoms in total. The van der Waals surface area contributed by atoms with Crippen LogP contribution in [0.15, 0.2) is 48.5 Å². The molecule has 0 spiro atoms. The molecule has 2 aromatic carbocycles. The number of imidazole rings is 1. The molecule has 0 aliphatic heterocycles. The average molecular weight is 344 g/mol. The van der Waals surface area contributed by atoms with Crippen molar-refractivity contribution in [3.63, 3.8) is 0 Å². The first-order chi connectivity index (χ1) is 11.7. The number of ether oxygens (including phenoxy) is 1. The van der Waals surface area contributed by atoms with Crippen molar-refractivity contribution in [2.24, 2.45) is 0 Å². The van der Waals surface area contributed by atoms with Gasteiger partial charge in [0.1, 0.15) is 5.75 Å². The first kappa shape index (κ1) is 16.7. The number of aryl methyl sites for hydroxylation is 2. The Morgan fingerprint density at radius 1 is 0.958 bits per heavy atom. The van der Waals surface area contributed by atoms with E-state index in [-0.39, 0.29) is 0 Å². The van der Waals surface area contributed by atoms with Crippen LogP contribution in [0.2, 0.25) is 5.02 Å². The summed E-state index contributed by atoms with van der Waals surface area (Å²) in [6, 6.07) is 15.6. The van der Waals surface area contributed by atoms with Crippen LogP contribution in [0.25, 0.3) is 11.0 Å². The van der Waals surface area contributed by atoms with Crippen LogP contribution in [-0.2, 0) is 13.1 Å². The number of para-hydroxylation sites is 2. The van der Waals surface area contributed by atoms with E-state index in [0.717, 1.165) is 42.7 Å². The van der Waals surface area contributed by atoms with Crippen LogP contribution >= 0.6 is 11.6 Å². The molecule has 24 heavy (non-hydrogen) atoms. The van der Waals surface area contributed by atoms with E-state index >= 15 is 0 Å². The Morgan fingerprint density at radius 3 is 2.21 bits per heavy atom. The third-order valence-electron chi connectivity index (χ3n) is 4.03. The van der Waals surface area contributed by atoms with Gasteiger partial charge in [0.25, 0.3) is 0 Å². The predicted octanol–water partition coefficient (Wildman–Crippen LogP) is 4.45. The summed E-state index contributed by atoms with van der Waals surface area (Å²) < 4.78 is 9.89. The summed E-state index contributed by atoms with van der Waals surface area (Å²) in [5.41, 5.74) is 2.80. The van der Waals surface area contributed by atoms with Gasteiger partial charge in [-0.15, -0.1) is 0 Å². The van der Waals surface area contributed by atoms with Crippen LogP contribution in [0, 0.1) is 5.41 Å². The van der Waals surface area contributed by atoms with Crippen LogP contribution in [0.4, 0.5) is 0 Å². The highest BCUT2D eigenvalue weighted by atomic mass is 35.5. The van der Waals surface area contributed by atoms with Crippen molar-refractivity contribution in [3.05, 3.63) is 59.2 Å². The van der Waals surface area contributed by atoms with E-state index < -0.39 is 0 Å². The second-order valence-corrected chi connectivity index (χ2v) is 6.21. The fourth-order valence-corrected chi connectivity index (χ4v) is 3.04. The number of benzene rings is 2. The van der Waals surface area contributed by atoms with Crippen molar-refractivity contribution in [2.45, 2.75) is 32.9 Å². The van der Waals surface area contributed by atoms with Crippen molar-refractivity contribution in [1.29, 1.82) is 5.41 Å². The van der Waals surface area contributed by atoms with Gasteiger partial charge in [0.15, 0.2) is 0 Å². The molecular weight excluding hydrogens is 322 g/mol. The molecule has 3 aromatic rings. The van der Waals surface area contributed by atoms with E-state index in [1.165, 1.54) is 0 Å². The van der Waals surface area contributed by atoms with Gasteiger partial charge in [-0.1, -0.05) is 30.7 Å². The molecule has 126 valence electrons. The highest BCUT2D eigenvalue weighted by Crippen LogP contribution is 2.16. The second-order valence-electron chi connectivity index (χ2n) is 5.77. The van der Waals surface area contributed by atoms with E-state index in [2.05, 4.69) is 28.2 Å². The number of halogens is 1. The van der Waals surface area contributed by atoms with Gasteiger partial charge in [-0.25, -0.2) is 0 Å². The number of fused-ring (bicyclic) bond motifs is 1. The van der Waals surface area contributed by atoms with E-state index in [0.29, 0.717) is 17.2 Å². The number of hydrogen-bond acceptors (Lipinski definition) is 2. The molecule has 0 amide bonds. The fraction of sp³-hybridized carbons (Fsp3) is 0.316. The number of rotatable bonds is 7. The summed E-state index contributed by atoms with van der Waals surface area (Å²) in [5.74, 6) is 0.823. The first-order valence-electron chi connectivity index (χ1n) is 8.31. The van der Waals surface area contributed by atoms with Crippen LogP contribution in [0.5, 0.6) is 5.75 Å². The summed E-state index contributed by atoms with van der Waals surface area (Å²) in [5, 5.41) is 9.18. The van der Waals surface area contributed by atoms with Gasteiger partial charge in [-0.05, 0) is 49.2 Å². The Kier molecular flexibility index (Phi) is 5.26. The predicted molar refractivity (Wildman–Crippen MR) is 97.6 cm³/mol. The van der Waals surface area contributed by atoms with Gasteiger partial charge in [0, 0.05) is 18.1 Å². The summed E-state index contributed by atoms with van der Waals surface area (Å²) in [7, 11) is 0. The topological polar surface area (TPSA) is 42.9 Å². The van der Waals surface area contributed by atoms with E-state index in [9.17, 15) is 0 Å². The van der Waals surface area contributed by atoms with Crippen molar-refractivity contribution in [1.82, 2.24) is 9.13 Å². The molecule has 0 radical (unpaired) electrons. The molecule has 0 aliphatic carbocycles. The monoisotopic (exact) mass is 343 g/mol. The largest absolute Gasteiger partial charge is 0.494 e. The van der Waals surface area contributed by atoms with Crippen molar-refractivity contribution >= 4 is 22.6 Å². The molecule has 0 fully saturated rings. The molecule has 1 N–H and O–H groups in total. The van der Waals surface area contributed by atoms with E-state index in [1.807, 2.05) is 36.4 Å². The SMILES string of the molecule is CCCn1c(=N)n(CCCOc2ccc(Cl)cc2)c2ccccc21. The molecule has 0 saturated heterocycles. The summed E-state index contributed by atoms with van der Waals surface area (Å²) in [6.45, 7) is 4.39. The van der Waals surface area contributed by atoms with Gasteiger partial charge in [-0.2, -0.15) is 0 Å². The van der Waals surface area contributed by atoms with E-state index in [4.69, 9.17) is 21.7 Å². The molecule has 0 atom stereocenters. The maximum absolute atomic E-state index is 8.47. The molecule has 3 rings (SSSR count). The van der Waals surface area contributed by atoms with Crippen LogP contribution in [0.3, 0.4) is 0 Å². The third-order valence-corrected chi connectivity index (χ3v) is 4.28. The molecule has 1 heterocycles. The van der Waals surface area contributed by atoms with Crippen LogP contribution in [0.1, 0.15) is 19.8 Å². The minimum Gasteiger partial charge on any atom is -0.494 e. The Morgan fingerprint density at radius 2 is 1.58 bits per heavy atom. The molecule has 0 aliphatic rings. The molecular formula is C19H22ClN3O. The van der Waals surface area contributed by atoms with Crippen LogP contribution in [-0.4, -0.2) is 15.7 Å². The molecule has 0 saturated carbocycles. The van der Waals surface area contributed by atoms with Gasteiger partial charge in [0.2, 0.25) is 5.62 Å². The quantitative estimate of drug-likeness (QED) is 0.632.